The van der Waals surface area contributed by atoms with Crippen molar-refractivity contribution in [3.63, 3.8) is 0 Å². The van der Waals surface area contributed by atoms with Gasteiger partial charge >= 0.3 is 0 Å². The van der Waals surface area contributed by atoms with Gasteiger partial charge in [0.05, 0.1) is 5.02 Å². The molecule has 20 heavy (non-hydrogen) atoms. The van der Waals surface area contributed by atoms with Crippen molar-refractivity contribution in [2.45, 2.75) is 33.2 Å². The van der Waals surface area contributed by atoms with Gasteiger partial charge in [-0.05, 0) is 37.5 Å². The summed E-state index contributed by atoms with van der Waals surface area (Å²) in [5.74, 6) is 5.66. The number of carbonyl (C=O) groups is 1. The molecule has 1 atom stereocenters. The summed E-state index contributed by atoms with van der Waals surface area (Å²) in [6.07, 6.45) is 0.930. The highest BCUT2D eigenvalue weighted by molar-refractivity contribution is 6.32. The van der Waals surface area contributed by atoms with Crippen LogP contribution in [0.4, 0.5) is 0 Å². The van der Waals surface area contributed by atoms with Gasteiger partial charge in [0.1, 0.15) is 6.61 Å². The molecule has 1 unspecified atom stereocenters. The fourth-order valence-electron chi connectivity index (χ4n) is 1.97. The van der Waals surface area contributed by atoms with Gasteiger partial charge in [0, 0.05) is 17.2 Å². The molecule has 4 heteroatoms. The zero-order valence-corrected chi connectivity index (χ0v) is 12.8. The van der Waals surface area contributed by atoms with E-state index >= 15 is 0 Å². The summed E-state index contributed by atoms with van der Waals surface area (Å²) in [6.45, 7) is 6.01. The standard InChI is InChI=1S/C16H20ClNO2/c1-11(2)9-12(3)18-16(20)14-7-6-13(5-4-8-19)15(17)10-14/h6-7,10-12,19H,8-9H2,1-3H3,(H,18,20). The smallest absolute Gasteiger partial charge is 0.251 e. The summed E-state index contributed by atoms with van der Waals surface area (Å²) in [4.78, 5) is 12.1. The molecule has 0 heterocycles. The normalized spacial score (nSPS) is 11.7. The molecule has 3 nitrogen and oxygen atoms in total. The van der Waals surface area contributed by atoms with E-state index in [9.17, 15) is 4.79 Å². The second-order valence-electron chi connectivity index (χ2n) is 5.16. The highest BCUT2D eigenvalue weighted by Crippen LogP contribution is 2.17. The van der Waals surface area contributed by atoms with Crippen molar-refractivity contribution in [3.8, 4) is 11.8 Å². The van der Waals surface area contributed by atoms with E-state index in [-0.39, 0.29) is 18.6 Å². The van der Waals surface area contributed by atoms with E-state index in [4.69, 9.17) is 16.7 Å². The molecule has 0 bridgehead atoms. The number of benzene rings is 1. The number of hydrogen-bond acceptors (Lipinski definition) is 2. The van der Waals surface area contributed by atoms with Crippen LogP contribution in [0, 0.1) is 17.8 Å². The van der Waals surface area contributed by atoms with Gasteiger partial charge in [-0.15, -0.1) is 0 Å². The Labute approximate surface area is 125 Å². The van der Waals surface area contributed by atoms with Crippen molar-refractivity contribution in [1.29, 1.82) is 0 Å². The summed E-state index contributed by atoms with van der Waals surface area (Å²) in [7, 11) is 0. The van der Waals surface area contributed by atoms with Gasteiger partial charge in [0.2, 0.25) is 0 Å². The number of nitrogens with one attached hydrogen (secondary N) is 1. The molecule has 1 amide bonds. The topological polar surface area (TPSA) is 49.3 Å². The molecule has 2 N–H and O–H groups in total. The number of carbonyl (C=O) groups excluding carboxylic acids is 1. The van der Waals surface area contributed by atoms with E-state index in [2.05, 4.69) is 31.0 Å². The minimum Gasteiger partial charge on any atom is -0.384 e. The molecule has 1 aromatic carbocycles. The van der Waals surface area contributed by atoms with Crippen LogP contribution in [-0.4, -0.2) is 23.7 Å². The molecule has 108 valence electrons. The van der Waals surface area contributed by atoms with Crippen LogP contribution in [0.5, 0.6) is 0 Å². The summed E-state index contributed by atoms with van der Waals surface area (Å²) in [5.41, 5.74) is 1.12. The van der Waals surface area contributed by atoms with E-state index < -0.39 is 0 Å². The van der Waals surface area contributed by atoms with Crippen LogP contribution < -0.4 is 5.32 Å². The van der Waals surface area contributed by atoms with E-state index in [1.54, 1.807) is 18.2 Å². The predicted molar refractivity (Wildman–Crippen MR) is 81.8 cm³/mol. The lowest BCUT2D eigenvalue weighted by Gasteiger charge is -2.16. The third-order valence-corrected chi connectivity index (χ3v) is 3.05. The number of hydrogen-bond donors (Lipinski definition) is 2. The van der Waals surface area contributed by atoms with Crippen molar-refractivity contribution in [2.24, 2.45) is 5.92 Å². The summed E-state index contributed by atoms with van der Waals surface area (Å²) < 4.78 is 0. The number of aliphatic hydroxyl groups excluding tert-OH is 1. The first-order valence-corrected chi connectivity index (χ1v) is 7.02. The van der Waals surface area contributed by atoms with Gasteiger partial charge in [0.15, 0.2) is 0 Å². The Kier molecular flexibility index (Phi) is 6.57. The average molecular weight is 294 g/mol. The molecule has 0 saturated heterocycles. The summed E-state index contributed by atoms with van der Waals surface area (Å²) >= 11 is 6.07. The van der Waals surface area contributed by atoms with Gasteiger partial charge in [-0.3, -0.25) is 4.79 Å². The molecule has 0 aliphatic heterocycles. The quantitative estimate of drug-likeness (QED) is 0.839. The van der Waals surface area contributed by atoms with Crippen LogP contribution in [0.3, 0.4) is 0 Å². The molecule has 0 spiro atoms. The molecule has 0 aliphatic carbocycles. The third kappa shape index (κ3) is 5.24. The number of rotatable bonds is 4. The average Bonchev–Trinajstić information content (AvgIpc) is 2.36. The monoisotopic (exact) mass is 293 g/mol. The lowest BCUT2D eigenvalue weighted by molar-refractivity contribution is 0.0936. The Hall–Kier alpha value is -1.50. The highest BCUT2D eigenvalue weighted by atomic mass is 35.5. The Bertz CT molecular complexity index is 529. The van der Waals surface area contributed by atoms with E-state index in [1.165, 1.54) is 0 Å². The maximum Gasteiger partial charge on any atom is 0.251 e. The molecule has 1 aromatic rings. The van der Waals surface area contributed by atoms with Gasteiger partial charge in [0.25, 0.3) is 5.91 Å². The minimum atomic E-state index is -0.217. The molecular formula is C16H20ClNO2. The first-order valence-electron chi connectivity index (χ1n) is 6.64. The molecule has 0 aliphatic rings. The van der Waals surface area contributed by atoms with E-state index in [0.717, 1.165) is 6.42 Å². The minimum absolute atomic E-state index is 0.120. The first-order chi connectivity index (χ1) is 9.43. The lowest BCUT2D eigenvalue weighted by atomic mass is 10.0. The molecule has 0 saturated carbocycles. The van der Waals surface area contributed by atoms with Crippen molar-refractivity contribution >= 4 is 17.5 Å². The van der Waals surface area contributed by atoms with Crippen LogP contribution >= 0.6 is 11.6 Å². The van der Waals surface area contributed by atoms with Crippen LogP contribution in [0.1, 0.15) is 43.1 Å². The third-order valence-electron chi connectivity index (χ3n) is 2.74. The zero-order chi connectivity index (χ0) is 15.1. The van der Waals surface area contributed by atoms with Gasteiger partial charge in [-0.1, -0.05) is 37.3 Å². The zero-order valence-electron chi connectivity index (χ0n) is 12.0. The molecule has 1 rings (SSSR count). The largest absolute Gasteiger partial charge is 0.384 e. The molecular weight excluding hydrogens is 274 g/mol. The van der Waals surface area contributed by atoms with Crippen LogP contribution in [0.15, 0.2) is 18.2 Å². The van der Waals surface area contributed by atoms with Crippen LogP contribution in [0.2, 0.25) is 5.02 Å². The number of halogens is 1. The fraction of sp³-hybridized carbons (Fsp3) is 0.438. The van der Waals surface area contributed by atoms with Gasteiger partial charge in [-0.2, -0.15) is 0 Å². The van der Waals surface area contributed by atoms with Crippen molar-refractivity contribution in [3.05, 3.63) is 34.3 Å². The Morgan fingerprint density at radius 1 is 1.40 bits per heavy atom. The summed E-state index contributed by atoms with van der Waals surface area (Å²) in [5, 5.41) is 12.0. The lowest BCUT2D eigenvalue weighted by Crippen LogP contribution is -2.33. The molecule has 0 radical (unpaired) electrons. The van der Waals surface area contributed by atoms with Crippen LogP contribution in [-0.2, 0) is 0 Å². The van der Waals surface area contributed by atoms with Crippen molar-refractivity contribution < 1.29 is 9.90 Å². The fourth-order valence-corrected chi connectivity index (χ4v) is 2.19. The first kappa shape index (κ1) is 16.6. The SMILES string of the molecule is CC(C)CC(C)NC(=O)c1ccc(C#CCO)c(Cl)c1. The second kappa shape index (κ2) is 7.94. The predicted octanol–water partition coefficient (Wildman–Crippen LogP) is 2.85. The van der Waals surface area contributed by atoms with Crippen molar-refractivity contribution in [2.75, 3.05) is 6.61 Å². The van der Waals surface area contributed by atoms with Crippen LogP contribution in [0.25, 0.3) is 0 Å². The number of amides is 1. The Balaban J connectivity index is 2.77. The van der Waals surface area contributed by atoms with E-state index in [0.29, 0.717) is 22.1 Å². The Morgan fingerprint density at radius 3 is 2.65 bits per heavy atom. The van der Waals surface area contributed by atoms with Gasteiger partial charge < -0.3 is 10.4 Å². The highest BCUT2D eigenvalue weighted by Gasteiger charge is 2.12. The molecule has 0 fully saturated rings. The maximum absolute atomic E-state index is 12.1. The summed E-state index contributed by atoms with van der Waals surface area (Å²) in [6, 6.07) is 5.09. The van der Waals surface area contributed by atoms with Crippen molar-refractivity contribution in [1.82, 2.24) is 5.32 Å². The second-order valence-corrected chi connectivity index (χ2v) is 5.57. The molecule has 0 aromatic heterocycles. The Morgan fingerprint density at radius 2 is 2.10 bits per heavy atom. The van der Waals surface area contributed by atoms with E-state index in [1.807, 2.05) is 6.92 Å². The maximum atomic E-state index is 12.1. The number of aliphatic hydroxyl groups is 1. The van der Waals surface area contributed by atoms with Gasteiger partial charge in [-0.25, -0.2) is 0 Å².